The Morgan fingerprint density at radius 2 is 2.30 bits per heavy atom. The van der Waals surface area contributed by atoms with Crippen LogP contribution in [0.4, 0.5) is 10.7 Å². The molecule has 0 aliphatic carbocycles. The summed E-state index contributed by atoms with van der Waals surface area (Å²) in [7, 11) is 0. The maximum absolute atomic E-state index is 11.0. The molecule has 20 heavy (non-hydrogen) atoms. The summed E-state index contributed by atoms with van der Waals surface area (Å²) in [5.41, 5.74) is 1.49. The van der Waals surface area contributed by atoms with Crippen molar-refractivity contribution in [3.63, 3.8) is 0 Å². The highest BCUT2D eigenvalue weighted by atomic mass is 32.1. The van der Waals surface area contributed by atoms with Gasteiger partial charge >= 0.3 is 5.69 Å². The summed E-state index contributed by atoms with van der Waals surface area (Å²) in [4.78, 5) is 10.5. The molecule has 106 valence electrons. The van der Waals surface area contributed by atoms with Crippen molar-refractivity contribution >= 4 is 22.2 Å². The summed E-state index contributed by atoms with van der Waals surface area (Å²) in [6.45, 7) is 4.71. The maximum Gasteiger partial charge on any atom is 0.310 e. The van der Waals surface area contributed by atoms with Crippen LogP contribution in [0.5, 0.6) is 5.75 Å². The van der Waals surface area contributed by atoms with E-state index in [-0.39, 0.29) is 18.0 Å². The van der Waals surface area contributed by atoms with Crippen LogP contribution >= 0.6 is 11.5 Å². The number of nitrogens with one attached hydrogen (secondary N) is 1. The number of hydrogen-bond donors (Lipinski definition) is 1. The van der Waals surface area contributed by atoms with Gasteiger partial charge in [0.2, 0.25) is 0 Å². The van der Waals surface area contributed by atoms with Crippen LogP contribution in [0.3, 0.4) is 0 Å². The van der Waals surface area contributed by atoms with Crippen molar-refractivity contribution in [3.8, 4) is 5.75 Å². The minimum atomic E-state index is -0.459. The number of nitro benzene ring substituents is 1. The molecule has 7 nitrogen and oxygen atoms in total. The van der Waals surface area contributed by atoms with Gasteiger partial charge in [-0.2, -0.15) is 0 Å². The molecular formula is C12H14N4O3S. The van der Waals surface area contributed by atoms with Crippen molar-refractivity contribution in [3.05, 3.63) is 39.6 Å². The number of hydrogen-bond acceptors (Lipinski definition) is 7. The average Bonchev–Trinajstić information content (AvgIpc) is 2.84. The smallest absolute Gasteiger partial charge is 0.310 e. The fourth-order valence-corrected chi connectivity index (χ4v) is 2.27. The summed E-state index contributed by atoms with van der Waals surface area (Å²) in [6, 6.07) is 4.76. The Morgan fingerprint density at radius 1 is 1.50 bits per heavy atom. The Balaban J connectivity index is 2.16. The lowest BCUT2D eigenvalue weighted by Gasteiger charge is -2.07. The predicted octanol–water partition coefficient (Wildman–Crippen LogP) is 2.77. The van der Waals surface area contributed by atoms with Gasteiger partial charge in [-0.1, -0.05) is 10.6 Å². The van der Waals surface area contributed by atoms with Crippen molar-refractivity contribution in [2.24, 2.45) is 0 Å². The van der Waals surface area contributed by atoms with Gasteiger partial charge < -0.3 is 10.1 Å². The molecule has 0 bridgehead atoms. The monoisotopic (exact) mass is 294 g/mol. The Morgan fingerprint density at radius 3 is 3.00 bits per heavy atom. The lowest BCUT2D eigenvalue weighted by Crippen LogP contribution is -2.03. The molecule has 0 aliphatic rings. The molecule has 0 atom stereocenters. The summed E-state index contributed by atoms with van der Waals surface area (Å²) >= 11 is 1.24. The first kappa shape index (κ1) is 14.2. The van der Waals surface area contributed by atoms with Crippen LogP contribution < -0.4 is 10.1 Å². The number of aromatic nitrogens is 2. The maximum atomic E-state index is 11.0. The van der Waals surface area contributed by atoms with Gasteiger partial charge in [0.25, 0.3) is 0 Å². The second kappa shape index (κ2) is 6.29. The highest BCUT2D eigenvalue weighted by Gasteiger charge is 2.16. The van der Waals surface area contributed by atoms with Crippen LogP contribution in [0.2, 0.25) is 0 Å². The first-order chi connectivity index (χ1) is 9.61. The minimum absolute atomic E-state index is 0.0520. The number of benzene rings is 1. The fourth-order valence-electron chi connectivity index (χ4n) is 1.63. The molecule has 1 aromatic heterocycles. The number of aryl methyl sites for hydroxylation is 1. The summed E-state index contributed by atoms with van der Waals surface area (Å²) in [5, 5.41) is 18.9. The van der Waals surface area contributed by atoms with Gasteiger partial charge in [-0.3, -0.25) is 10.1 Å². The molecule has 1 N–H and O–H groups in total. The van der Waals surface area contributed by atoms with E-state index in [1.807, 2.05) is 13.8 Å². The molecule has 8 heteroatoms. The molecule has 0 spiro atoms. The van der Waals surface area contributed by atoms with E-state index >= 15 is 0 Å². The van der Waals surface area contributed by atoms with Gasteiger partial charge in [0.05, 0.1) is 4.92 Å². The third-order valence-corrected chi connectivity index (χ3v) is 3.30. The van der Waals surface area contributed by atoms with Crippen molar-refractivity contribution in [1.29, 1.82) is 0 Å². The standard InChI is InChI=1S/C12H14N4O3S/c1-3-13-12-9(14-15-20-12)7-19-11-6-8(2)4-5-10(11)16(17)18/h4-6,13H,3,7H2,1-2H3. The van der Waals surface area contributed by atoms with E-state index < -0.39 is 4.92 Å². The van der Waals surface area contributed by atoms with Crippen molar-refractivity contribution < 1.29 is 9.66 Å². The molecule has 0 radical (unpaired) electrons. The zero-order chi connectivity index (χ0) is 14.5. The zero-order valence-electron chi connectivity index (χ0n) is 11.1. The topological polar surface area (TPSA) is 90.2 Å². The van der Waals surface area contributed by atoms with Crippen LogP contribution in [0, 0.1) is 17.0 Å². The minimum Gasteiger partial charge on any atom is -0.480 e. The molecule has 2 aromatic rings. The van der Waals surface area contributed by atoms with E-state index in [1.165, 1.54) is 17.6 Å². The SMILES string of the molecule is CCNc1snnc1COc1cc(C)ccc1[N+](=O)[O-]. The number of anilines is 1. The molecule has 0 unspecified atom stereocenters. The normalized spacial score (nSPS) is 10.3. The third-order valence-electron chi connectivity index (χ3n) is 2.57. The lowest BCUT2D eigenvalue weighted by atomic mass is 10.2. The van der Waals surface area contributed by atoms with Crippen molar-refractivity contribution in [1.82, 2.24) is 9.59 Å². The van der Waals surface area contributed by atoms with E-state index in [0.29, 0.717) is 5.69 Å². The van der Waals surface area contributed by atoms with Gasteiger partial charge in [0, 0.05) is 24.1 Å². The van der Waals surface area contributed by atoms with Gasteiger partial charge in [-0.25, -0.2) is 0 Å². The van der Waals surface area contributed by atoms with E-state index in [2.05, 4.69) is 14.9 Å². The lowest BCUT2D eigenvalue weighted by molar-refractivity contribution is -0.386. The zero-order valence-corrected chi connectivity index (χ0v) is 11.9. The van der Waals surface area contributed by atoms with Crippen LogP contribution in [0.15, 0.2) is 18.2 Å². The largest absolute Gasteiger partial charge is 0.480 e. The molecule has 0 fully saturated rings. The Bertz CT molecular complexity index is 614. The molecule has 0 saturated carbocycles. The summed E-state index contributed by atoms with van der Waals surface area (Å²) < 4.78 is 9.38. The van der Waals surface area contributed by atoms with E-state index in [1.54, 1.807) is 12.1 Å². The number of ether oxygens (including phenoxy) is 1. The van der Waals surface area contributed by atoms with Gasteiger partial charge in [0.15, 0.2) is 5.75 Å². The fraction of sp³-hybridized carbons (Fsp3) is 0.333. The van der Waals surface area contributed by atoms with Crippen molar-refractivity contribution in [2.45, 2.75) is 20.5 Å². The van der Waals surface area contributed by atoms with Crippen LogP contribution in [-0.4, -0.2) is 21.1 Å². The first-order valence-electron chi connectivity index (χ1n) is 6.04. The Labute approximate surface area is 119 Å². The van der Waals surface area contributed by atoms with Gasteiger partial charge in [-0.05, 0) is 25.5 Å². The molecule has 0 amide bonds. The van der Waals surface area contributed by atoms with E-state index in [0.717, 1.165) is 17.1 Å². The molecule has 2 rings (SSSR count). The molecule has 1 heterocycles. The van der Waals surface area contributed by atoms with Gasteiger partial charge in [-0.15, -0.1) is 5.10 Å². The first-order valence-corrected chi connectivity index (χ1v) is 6.82. The van der Waals surface area contributed by atoms with Crippen molar-refractivity contribution in [2.75, 3.05) is 11.9 Å². The van der Waals surface area contributed by atoms with E-state index in [9.17, 15) is 10.1 Å². The highest BCUT2D eigenvalue weighted by molar-refractivity contribution is 7.10. The van der Waals surface area contributed by atoms with Gasteiger partial charge in [0.1, 0.15) is 17.3 Å². The van der Waals surface area contributed by atoms with E-state index in [4.69, 9.17) is 4.74 Å². The second-order valence-electron chi connectivity index (χ2n) is 4.10. The third kappa shape index (κ3) is 3.21. The predicted molar refractivity (Wildman–Crippen MR) is 76.2 cm³/mol. The molecule has 1 aromatic carbocycles. The number of nitrogens with zero attached hydrogens (tertiary/aromatic N) is 3. The summed E-state index contributed by atoms with van der Waals surface area (Å²) in [5.74, 6) is 0.241. The molecule has 0 saturated heterocycles. The average molecular weight is 294 g/mol. The highest BCUT2D eigenvalue weighted by Crippen LogP contribution is 2.29. The Hall–Kier alpha value is -2.22. The molecular weight excluding hydrogens is 280 g/mol. The van der Waals surface area contributed by atoms with Crippen LogP contribution in [0.1, 0.15) is 18.2 Å². The summed E-state index contributed by atoms with van der Waals surface area (Å²) in [6.07, 6.45) is 0. The Kier molecular flexibility index (Phi) is 4.46. The van der Waals surface area contributed by atoms with Crippen LogP contribution in [-0.2, 0) is 6.61 Å². The number of rotatable bonds is 6. The quantitative estimate of drug-likeness (QED) is 0.650. The van der Waals surface area contributed by atoms with Crippen LogP contribution in [0.25, 0.3) is 0 Å². The molecule has 0 aliphatic heterocycles. The number of nitro groups is 1. The second-order valence-corrected chi connectivity index (χ2v) is 4.85.